The smallest absolute Gasteiger partial charge is 0.0535 e. The van der Waals surface area contributed by atoms with Crippen LogP contribution >= 0.6 is 0 Å². The van der Waals surface area contributed by atoms with Crippen molar-refractivity contribution in [3.05, 3.63) is 290 Å². The molecule has 0 spiro atoms. The van der Waals surface area contributed by atoms with Gasteiger partial charge in [0.1, 0.15) is 0 Å². The molecule has 13 aromatic rings. The molecule has 14 rings (SSSR count). The van der Waals surface area contributed by atoms with Crippen molar-refractivity contribution in [1.29, 1.82) is 0 Å². The number of aromatic nitrogens is 2. The van der Waals surface area contributed by atoms with Crippen molar-refractivity contribution in [3.8, 4) is 67.5 Å². The topological polar surface area (TPSA) is 9.86 Å². The summed E-state index contributed by atoms with van der Waals surface area (Å²) < 4.78 is 4.93. The molecule has 0 saturated heterocycles. The fourth-order valence-corrected chi connectivity index (χ4v) is 11.8. The Balaban J connectivity index is 1.08. The molecule has 0 radical (unpaired) electrons. The molecule has 0 aliphatic heterocycles. The number of allylic oxidation sites excluding steroid dienone is 4. The van der Waals surface area contributed by atoms with Crippen LogP contribution in [-0.4, -0.2) is 9.13 Å². The largest absolute Gasteiger partial charge is 0.309 e. The highest BCUT2D eigenvalue weighted by molar-refractivity contribution is 6.22. The van der Waals surface area contributed by atoms with Gasteiger partial charge in [-0.25, -0.2) is 0 Å². The summed E-state index contributed by atoms with van der Waals surface area (Å²) in [5, 5.41) is 9.92. The van der Waals surface area contributed by atoms with E-state index < -0.39 is 0 Å². The maximum atomic E-state index is 2.49. The standard InChI is InChI=1S/C72H50N2/c1-5-20-52(21-6-1)67-42-43-68(53-22-7-2-8-23-53)73(67)59-39-41-64-65(47-59)71(56-35-32-50(33-36-56)58-37-34-49-18-13-14-28-57(49)46-58)63-40-38-60(48-66(63)72(64)62-31-17-29-51-19-15-16-30-61(51)62)74-69(54-24-9-3-10-25-54)44-45-70(74)55-26-11-4-12-27-55/h1-32,34-35,37-48H,33,36H2. The van der Waals surface area contributed by atoms with E-state index in [-0.39, 0.29) is 0 Å². The summed E-state index contributed by atoms with van der Waals surface area (Å²) in [5.41, 5.74) is 19.3. The van der Waals surface area contributed by atoms with Gasteiger partial charge in [-0.05, 0) is 166 Å². The van der Waals surface area contributed by atoms with E-state index >= 15 is 0 Å². The van der Waals surface area contributed by atoms with Gasteiger partial charge < -0.3 is 9.13 Å². The minimum Gasteiger partial charge on any atom is -0.309 e. The van der Waals surface area contributed by atoms with Gasteiger partial charge in [0.25, 0.3) is 0 Å². The second-order valence-electron chi connectivity index (χ2n) is 19.5. The Bertz CT molecular complexity index is 4200. The molecular weight excluding hydrogens is 893 g/mol. The van der Waals surface area contributed by atoms with Crippen molar-refractivity contribution in [1.82, 2.24) is 9.13 Å². The molecule has 0 atom stereocenters. The summed E-state index contributed by atoms with van der Waals surface area (Å²) in [7, 11) is 0. The third-order valence-corrected chi connectivity index (χ3v) is 15.3. The average molecular weight is 943 g/mol. The Kier molecular flexibility index (Phi) is 10.7. The van der Waals surface area contributed by atoms with E-state index in [0.29, 0.717) is 0 Å². The first-order valence-electron chi connectivity index (χ1n) is 25.8. The fraction of sp³-hybridized carbons (Fsp3) is 0.0278. The lowest BCUT2D eigenvalue weighted by Gasteiger charge is -2.24. The van der Waals surface area contributed by atoms with Gasteiger partial charge in [-0.1, -0.05) is 224 Å². The lowest BCUT2D eigenvalue weighted by atomic mass is 9.81. The predicted octanol–water partition coefficient (Wildman–Crippen LogP) is 19.5. The molecule has 2 heterocycles. The van der Waals surface area contributed by atoms with E-state index in [9.17, 15) is 0 Å². The zero-order valence-electron chi connectivity index (χ0n) is 40.9. The zero-order chi connectivity index (χ0) is 49.0. The number of nitrogens with zero attached hydrogens (tertiary/aromatic N) is 2. The Hall–Kier alpha value is -9.50. The molecule has 0 saturated carbocycles. The first-order chi connectivity index (χ1) is 36.7. The van der Waals surface area contributed by atoms with Crippen molar-refractivity contribution in [2.75, 3.05) is 0 Å². The highest BCUT2D eigenvalue weighted by Crippen LogP contribution is 2.48. The maximum absolute atomic E-state index is 2.49. The molecule has 11 aromatic carbocycles. The minimum atomic E-state index is 0.907. The Labute approximate surface area is 431 Å². The number of benzene rings is 11. The summed E-state index contributed by atoms with van der Waals surface area (Å²) in [5.74, 6) is 0. The molecule has 0 bridgehead atoms. The molecular formula is C72H50N2. The Morgan fingerprint density at radius 2 is 0.676 bits per heavy atom. The van der Waals surface area contributed by atoms with Gasteiger partial charge in [0, 0.05) is 11.4 Å². The summed E-state index contributed by atoms with van der Waals surface area (Å²) in [6.07, 6.45) is 6.66. The fourth-order valence-electron chi connectivity index (χ4n) is 11.8. The summed E-state index contributed by atoms with van der Waals surface area (Å²) >= 11 is 0. The van der Waals surface area contributed by atoms with Crippen LogP contribution in [0, 0.1) is 0 Å². The van der Waals surface area contributed by atoms with Crippen LogP contribution in [0.2, 0.25) is 0 Å². The molecule has 0 fully saturated rings. The van der Waals surface area contributed by atoms with Gasteiger partial charge in [-0.3, -0.25) is 0 Å². The van der Waals surface area contributed by atoms with Crippen LogP contribution in [0.15, 0.2) is 279 Å². The monoisotopic (exact) mass is 942 g/mol. The van der Waals surface area contributed by atoms with Gasteiger partial charge in [-0.2, -0.15) is 0 Å². The summed E-state index contributed by atoms with van der Waals surface area (Å²) in [6, 6.07) is 98.2. The van der Waals surface area contributed by atoms with Crippen molar-refractivity contribution < 1.29 is 0 Å². The van der Waals surface area contributed by atoms with Crippen LogP contribution in [0.4, 0.5) is 0 Å². The van der Waals surface area contributed by atoms with Crippen LogP contribution in [0.1, 0.15) is 24.0 Å². The molecule has 348 valence electrons. The van der Waals surface area contributed by atoms with Crippen LogP contribution in [0.25, 0.3) is 122 Å². The quantitative estimate of drug-likeness (QED) is 0.128. The molecule has 0 N–H and O–H groups in total. The van der Waals surface area contributed by atoms with E-state index in [1.165, 1.54) is 98.7 Å². The van der Waals surface area contributed by atoms with E-state index in [0.717, 1.165) is 47.0 Å². The molecule has 2 nitrogen and oxygen atoms in total. The number of hydrogen-bond donors (Lipinski definition) is 0. The van der Waals surface area contributed by atoms with E-state index in [1.807, 2.05) is 0 Å². The first kappa shape index (κ1) is 43.3. The Morgan fingerprint density at radius 3 is 1.20 bits per heavy atom. The molecule has 1 aliphatic carbocycles. The minimum absolute atomic E-state index is 0.907. The number of hydrogen-bond acceptors (Lipinski definition) is 0. The van der Waals surface area contributed by atoms with E-state index in [1.54, 1.807) is 0 Å². The van der Waals surface area contributed by atoms with Gasteiger partial charge in [-0.15, -0.1) is 0 Å². The first-order valence-corrected chi connectivity index (χ1v) is 25.8. The lowest BCUT2D eigenvalue weighted by Crippen LogP contribution is -2.03. The normalized spacial score (nSPS) is 12.6. The van der Waals surface area contributed by atoms with Crippen molar-refractivity contribution in [3.63, 3.8) is 0 Å². The number of fused-ring (bicyclic) bond motifs is 4. The van der Waals surface area contributed by atoms with Crippen molar-refractivity contribution >= 4 is 54.2 Å². The molecule has 0 unspecified atom stereocenters. The predicted molar refractivity (Wildman–Crippen MR) is 314 cm³/mol. The van der Waals surface area contributed by atoms with Crippen molar-refractivity contribution in [2.45, 2.75) is 12.8 Å². The summed E-state index contributed by atoms with van der Waals surface area (Å²) in [4.78, 5) is 0. The Morgan fingerprint density at radius 1 is 0.243 bits per heavy atom. The second-order valence-corrected chi connectivity index (χ2v) is 19.5. The maximum Gasteiger partial charge on any atom is 0.0535 e. The van der Waals surface area contributed by atoms with Crippen molar-refractivity contribution in [2.24, 2.45) is 0 Å². The SMILES string of the molecule is C1=C(c2ccc3ccccc3c2)CCC(c2c3cc(-n4c(-c5ccccc5)ccc4-c4ccccc4)ccc3c(-c3cccc4ccccc34)c3cc(-n4c(-c5ccccc5)ccc4-c4ccccc4)ccc23)=C1. The average Bonchev–Trinajstić information content (AvgIpc) is 4.16. The molecule has 2 heteroatoms. The van der Waals surface area contributed by atoms with Crippen LogP contribution in [-0.2, 0) is 0 Å². The highest BCUT2D eigenvalue weighted by atomic mass is 15.0. The number of rotatable bonds is 9. The zero-order valence-corrected chi connectivity index (χ0v) is 40.9. The highest BCUT2D eigenvalue weighted by Gasteiger charge is 2.24. The van der Waals surface area contributed by atoms with Gasteiger partial charge >= 0.3 is 0 Å². The third kappa shape index (κ3) is 7.50. The lowest BCUT2D eigenvalue weighted by molar-refractivity contribution is 1.07. The van der Waals surface area contributed by atoms with Crippen LogP contribution in [0.5, 0.6) is 0 Å². The van der Waals surface area contributed by atoms with Gasteiger partial charge in [0.2, 0.25) is 0 Å². The molecule has 1 aliphatic rings. The van der Waals surface area contributed by atoms with Crippen LogP contribution < -0.4 is 0 Å². The van der Waals surface area contributed by atoms with E-state index in [2.05, 4.69) is 288 Å². The van der Waals surface area contributed by atoms with E-state index in [4.69, 9.17) is 0 Å². The van der Waals surface area contributed by atoms with Gasteiger partial charge in [0.05, 0.1) is 22.8 Å². The summed E-state index contributed by atoms with van der Waals surface area (Å²) in [6.45, 7) is 0. The van der Waals surface area contributed by atoms with Crippen LogP contribution in [0.3, 0.4) is 0 Å². The molecule has 2 aromatic heterocycles. The third-order valence-electron chi connectivity index (χ3n) is 15.3. The molecule has 74 heavy (non-hydrogen) atoms. The molecule has 0 amide bonds. The second kappa shape index (κ2) is 18.3. The van der Waals surface area contributed by atoms with Gasteiger partial charge in [0.15, 0.2) is 0 Å².